The first-order valence-electron chi connectivity index (χ1n) is 14.5. The van der Waals surface area contributed by atoms with Crippen LogP contribution in [0.1, 0.15) is 117 Å². The van der Waals surface area contributed by atoms with E-state index < -0.39 is 11.7 Å². The molecule has 0 aromatic carbocycles. The summed E-state index contributed by atoms with van der Waals surface area (Å²) in [5, 5.41) is 21.7. The third kappa shape index (κ3) is 4.07. The number of rotatable bonds is 6. The quantitative estimate of drug-likeness (QED) is 0.460. The van der Waals surface area contributed by atoms with Crippen molar-refractivity contribution in [1.82, 2.24) is 4.98 Å². The van der Waals surface area contributed by atoms with E-state index in [0.717, 1.165) is 67.4 Å². The van der Waals surface area contributed by atoms with E-state index in [-0.39, 0.29) is 0 Å². The molecule has 34 heavy (non-hydrogen) atoms. The van der Waals surface area contributed by atoms with Gasteiger partial charge in [-0.25, -0.2) is 0 Å². The van der Waals surface area contributed by atoms with E-state index in [4.69, 9.17) is 0 Å². The standard InChI is InChI=1S/C31H49NO2/c1-5-31(34)18-17-29(3)22(20-31)10-11-23-25-13-12-24(30(25,4)16-15-26(23)29)21(2)9-14-28(33)27-8-6-7-19-32-27/h6-8,19,21-26,28,33-34H,5,9-18,20H2,1-4H3/t21-,22?,23+,24-,25+,26+,28?,29+,30-,31+/m1/s1. The Bertz CT molecular complexity index is 843. The molecule has 4 aliphatic carbocycles. The zero-order valence-electron chi connectivity index (χ0n) is 22.2. The molecule has 3 heteroatoms. The second kappa shape index (κ2) is 9.18. The van der Waals surface area contributed by atoms with Crippen molar-refractivity contribution in [3.8, 4) is 0 Å². The van der Waals surface area contributed by atoms with Crippen molar-refractivity contribution < 1.29 is 10.2 Å². The van der Waals surface area contributed by atoms with Gasteiger partial charge < -0.3 is 10.2 Å². The molecule has 5 rings (SSSR count). The molecule has 1 aromatic rings. The van der Waals surface area contributed by atoms with Crippen molar-refractivity contribution in [2.24, 2.45) is 46.3 Å². The predicted molar refractivity (Wildman–Crippen MR) is 138 cm³/mol. The molecule has 0 bridgehead atoms. The summed E-state index contributed by atoms with van der Waals surface area (Å²) >= 11 is 0. The zero-order chi connectivity index (χ0) is 24.1. The normalized spacial score (nSPS) is 45.6. The van der Waals surface area contributed by atoms with Gasteiger partial charge in [0.25, 0.3) is 0 Å². The van der Waals surface area contributed by atoms with Gasteiger partial charge in [0.15, 0.2) is 0 Å². The highest BCUT2D eigenvalue weighted by atomic mass is 16.3. The highest BCUT2D eigenvalue weighted by Crippen LogP contribution is 2.69. The Balaban J connectivity index is 1.25. The molecule has 2 N–H and O–H groups in total. The number of aliphatic hydroxyl groups is 2. The van der Waals surface area contributed by atoms with Crippen molar-refractivity contribution in [2.45, 2.75) is 116 Å². The van der Waals surface area contributed by atoms with Crippen molar-refractivity contribution >= 4 is 0 Å². The van der Waals surface area contributed by atoms with Gasteiger partial charge in [-0.05, 0) is 136 Å². The minimum absolute atomic E-state index is 0.395. The summed E-state index contributed by atoms with van der Waals surface area (Å²) in [4.78, 5) is 4.37. The van der Waals surface area contributed by atoms with Crippen LogP contribution in [-0.2, 0) is 0 Å². The number of nitrogens with zero attached hydrogens (tertiary/aromatic N) is 1. The van der Waals surface area contributed by atoms with Crippen LogP contribution in [-0.4, -0.2) is 20.8 Å². The minimum Gasteiger partial charge on any atom is -0.390 e. The van der Waals surface area contributed by atoms with E-state index in [2.05, 4.69) is 32.7 Å². The van der Waals surface area contributed by atoms with Gasteiger partial charge in [-0.3, -0.25) is 4.98 Å². The number of fused-ring (bicyclic) bond motifs is 5. The SMILES string of the molecule is CC[C@]1(O)CC[C@@]2(C)C(CC[C@H]3[C@@H]4CC[C@H]([C@H](C)CCC(O)c5ccccn5)[C@@]4(C)CC[C@@H]32)C1. The fraction of sp³-hybridized carbons (Fsp3) is 0.839. The number of pyridine rings is 1. The van der Waals surface area contributed by atoms with E-state index in [1.807, 2.05) is 18.2 Å². The summed E-state index contributed by atoms with van der Waals surface area (Å²) in [6.07, 6.45) is 15.8. The molecule has 190 valence electrons. The average Bonchev–Trinajstić information content (AvgIpc) is 3.20. The smallest absolute Gasteiger partial charge is 0.0959 e. The van der Waals surface area contributed by atoms with E-state index in [1.54, 1.807) is 6.20 Å². The summed E-state index contributed by atoms with van der Waals surface area (Å²) in [5.74, 6) is 4.81. The Hall–Kier alpha value is -0.930. The van der Waals surface area contributed by atoms with Gasteiger partial charge in [-0.15, -0.1) is 0 Å². The summed E-state index contributed by atoms with van der Waals surface area (Å²) in [5.41, 5.74) is 1.34. The lowest BCUT2D eigenvalue weighted by Crippen LogP contribution is -2.56. The van der Waals surface area contributed by atoms with Crippen LogP contribution in [0.4, 0.5) is 0 Å². The third-order valence-electron chi connectivity index (χ3n) is 12.2. The summed E-state index contributed by atoms with van der Waals surface area (Å²) < 4.78 is 0. The molecule has 0 amide bonds. The summed E-state index contributed by atoms with van der Waals surface area (Å²) in [7, 11) is 0. The van der Waals surface area contributed by atoms with Crippen LogP contribution in [0.25, 0.3) is 0 Å². The first-order chi connectivity index (χ1) is 16.2. The number of hydrogen-bond acceptors (Lipinski definition) is 3. The zero-order valence-corrected chi connectivity index (χ0v) is 22.2. The van der Waals surface area contributed by atoms with Crippen molar-refractivity contribution in [3.05, 3.63) is 30.1 Å². The Labute approximate surface area is 208 Å². The molecule has 4 saturated carbocycles. The van der Waals surface area contributed by atoms with Crippen molar-refractivity contribution in [2.75, 3.05) is 0 Å². The molecule has 4 fully saturated rings. The first-order valence-corrected chi connectivity index (χ1v) is 14.5. The average molecular weight is 468 g/mol. The highest BCUT2D eigenvalue weighted by Gasteiger charge is 2.61. The first kappa shape index (κ1) is 24.8. The van der Waals surface area contributed by atoms with Crippen LogP contribution in [0.5, 0.6) is 0 Å². The second-order valence-electron chi connectivity index (χ2n) is 13.5. The monoisotopic (exact) mass is 467 g/mol. The van der Waals surface area contributed by atoms with E-state index in [9.17, 15) is 10.2 Å². The summed E-state index contributed by atoms with van der Waals surface area (Å²) in [6, 6.07) is 5.84. The molecule has 0 saturated heterocycles. The minimum atomic E-state index is -0.437. The van der Waals surface area contributed by atoms with E-state index in [0.29, 0.717) is 16.7 Å². The van der Waals surface area contributed by atoms with Gasteiger partial charge in [0.05, 0.1) is 17.4 Å². The van der Waals surface area contributed by atoms with Crippen LogP contribution in [0.2, 0.25) is 0 Å². The maximum Gasteiger partial charge on any atom is 0.0959 e. The number of hydrogen-bond donors (Lipinski definition) is 2. The van der Waals surface area contributed by atoms with Crippen LogP contribution in [0, 0.1) is 46.3 Å². The van der Waals surface area contributed by atoms with E-state index >= 15 is 0 Å². The molecular weight excluding hydrogens is 418 g/mol. The fourth-order valence-corrected chi connectivity index (χ4v) is 9.96. The number of aliphatic hydroxyl groups excluding tert-OH is 1. The van der Waals surface area contributed by atoms with Gasteiger partial charge in [-0.2, -0.15) is 0 Å². The molecule has 3 nitrogen and oxygen atoms in total. The lowest BCUT2D eigenvalue weighted by Gasteiger charge is -2.62. The van der Waals surface area contributed by atoms with Crippen LogP contribution in [0.3, 0.4) is 0 Å². The molecule has 2 unspecified atom stereocenters. The highest BCUT2D eigenvalue weighted by molar-refractivity contribution is 5.11. The Morgan fingerprint density at radius 3 is 2.50 bits per heavy atom. The lowest BCUT2D eigenvalue weighted by molar-refractivity contribution is -0.152. The lowest BCUT2D eigenvalue weighted by atomic mass is 9.43. The molecule has 0 radical (unpaired) electrons. The van der Waals surface area contributed by atoms with Crippen molar-refractivity contribution in [3.63, 3.8) is 0 Å². The molecule has 0 spiro atoms. The van der Waals surface area contributed by atoms with Crippen LogP contribution in [0.15, 0.2) is 24.4 Å². The third-order valence-corrected chi connectivity index (χ3v) is 12.2. The van der Waals surface area contributed by atoms with Gasteiger partial charge >= 0.3 is 0 Å². The topological polar surface area (TPSA) is 53.4 Å². The van der Waals surface area contributed by atoms with Gasteiger partial charge in [0, 0.05) is 6.20 Å². The van der Waals surface area contributed by atoms with Gasteiger partial charge in [0.2, 0.25) is 0 Å². The Morgan fingerprint density at radius 1 is 0.971 bits per heavy atom. The fourth-order valence-electron chi connectivity index (χ4n) is 9.96. The Morgan fingerprint density at radius 2 is 1.76 bits per heavy atom. The van der Waals surface area contributed by atoms with Crippen molar-refractivity contribution in [1.29, 1.82) is 0 Å². The second-order valence-corrected chi connectivity index (χ2v) is 13.5. The maximum absolute atomic E-state index is 11.1. The number of aromatic nitrogens is 1. The molecule has 1 heterocycles. The molecule has 10 atom stereocenters. The van der Waals surface area contributed by atoms with Gasteiger partial charge in [0.1, 0.15) is 0 Å². The molecule has 4 aliphatic rings. The molecule has 0 aliphatic heterocycles. The predicted octanol–water partition coefficient (Wildman–Crippen LogP) is 7.33. The van der Waals surface area contributed by atoms with Gasteiger partial charge in [-0.1, -0.05) is 33.8 Å². The summed E-state index contributed by atoms with van der Waals surface area (Å²) in [6.45, 7) is 9.89. The Kier molecular flexibility index (Phi) is 6.68. The van der Waals surface area contributed by atoms with Crippen LogP contribution < -0.4 is 0 Å². The van der Waals surface area contributed by atoms with Crippen LogP contribution >= 0.6 is 0 Å². The largest absolute Gasteiger partial charge is 0.390 e. The molecular formula is C31H49NO2. The molecule has 1 aromatic heterocycles. The maximum atomic E-state index is 11.1. The van der Waals surface area contributed by atoms with E-state index in [1.165, 1.54) is 44.9 Å².